The maximum absolute atomic E-state index is 6.60. The van der Waals surface area contributed by atoms with Gasteiger partial charge in [-0.25, -0.2) is 0 Å². The minimum atomic E-state index is -0.575. The third-order valence-electron chi connectivity index (χ3n) is 16.7. The average molecular weight is 940 g/mol. The smallest absolute Gasteiger partial charge is 0.136 e. The van der Waals surface area contributed by atoms with Gasteiger partial charge in [-0.2, -0.15) is 0 Å². The van der Waals surface area contributed by atoms with Gasteiger partial charge in [0.15, 0.2) is 0 Å². The van der Waals surface area contributed by atoms with Crippen molar-refractivity contribution in [3.05, 3.63) is 317 Å². The third-order valence-corrected chi connectivity index (χ3v) is 16.7. The highest BCUT2D eigenvalue weighted by Gasteiger charge is 2.52. The average Bonchev–Trinajstić information content (AvgIpc) is 4.30. The Labute approximate surface area is 429 Å². The fraction of sp³-hybridized carbons (Fsp3) is 0.0278. The van der Waals surface area contributed by atoms with Gasteiger partial charge < -0.3 is 9.32 Å². The van der Waals surface area contributed by atoms with Gasteiger partial charge in [-0.15, -0.1) is 0 Å². The zero-order valence-corrected chi connectivity index (χ0v) is 40.3. The summed E-state index contributed by atoms with van der Waals surface area (Å²) in [5.41, 5.74) is 24.1. The SMILES string of the molecule is c1ccc(C2(c3ccccc3)c3ccccc3-c3c(N(c4ccc5c(c4)C4(c6ccccc6-c6ccccc64)c4ccccc4-5)c4ccccc4-c4ccc5oc6cc7ccccc7cc6c5c4)cccc32)cc1. The highest BCUT2D eigenvalue weighted by molar-refractivity contribution is 6.12. The summed E-state index contributed by atoms with van der Waals surface area (Å²) in [6.45, 7) is 0. The monoisotopic (exact) mass is 939 g/mol. The highest BCUT2D eigenvalue weighted by Crippen LogP contribution is 2.65. The topological polar surface area (TPSA) is 16.4 Å². The van der Waals surface area contributed by atoms with Gasteiger partial charge in [0.2, 0.25) is 0 Å². The molecule has 16 rings (SSSR count). The summed E-state index contributed by atoms with van der Waals surface area (Å²) < 4.78 is 6.60. The van der Waals surface area contributed by atoms with Gasteiger partial charge in [-0.1, -0.05) is 224 Å². The molecule has 1 heterocycles. The fourth-order valence-corrected chi connectivity index (χ4v) is 13.8. The molecule has 74 heavy (non-hydrogen) atoms. The van der Waals surface area contributed by atoms with E-state index >= 15 is 0 Å². The number of para-hydroxylation sites is 1. The molecule has 2 heteroatoms. The number of fused-ring (bicyclic) bond motifs is 17. The van der Waals surface area contributed by atoms with Crippen molar-refractivity contribution in [1.29, 1.82) is 0 Å². The van der Waals surface area contributed by atoms with Crippen LogP contribution in [-0.2, 0) is 10.8 Å². The van der Waals surface area contributed by atoms with Crippen LogP contribution >= 0.6 is 0 Å². The minimum absolute atomic E-state index is 0.515. The molecule has 344 valence electrons. The summed E-state index contributed by atoms with van der Waals surface area (Å²) >= 11 is 0. The van der Waals surface area contributed by atoms with Crippen LogP contribution in [0, 0.1) is 0 Å². The Kier molecular flexibility index (Phi) is 8.62. The maximum atomic E-state index is 6.60. The molecule has 12 aromatic carbocycles. The molecule has 13 aromatic rings. The number of rotatable bonds is 6. The summed E-state index contributed by atoms with van der Waals surface area (Å²) in [7, 11) is 0. The Morgan fingerprint density at radius 1 is 0.284 bits per heavy atom. The van der Waals surface area contributed by atoms with E-state index in [0.29, 0.717) is 0 Å². The predicted octanol–water partition coefficient (Wildman–Crippen LogP) is 18.6. The van der Waals surface area contributed by atoms with Gasteiger partial charge in [-0.05, 0) is 137 Å². The lowest BCUT2D eigenvalue weighted by Gasteiger charge is -2.35. The van der Waals surface area contributed by atoms with Crippen LogP contribution in [0.2, 0.25) is 0 Å². The molecule has 3 aliphatic rings. The molecule has 2 nitrogen and oxygen atoms in total. The largest absolute Gasteiger partial charge is 0.456 e. The normalized spacial score (nSPS) is 13.9. The van der Waals surface area contributed by atoms with Crippen LogP contribution in [0.15, 0.2) is 277 Å². The summed E-state index contributed by atoms with van der Waals surface area (Å²) in [4.78, 5) is 2.58. The van der Waals surface area contributed by atoms with Crippen LogP contribution in [0.4, 0.5) is 17.1 Å². The van der Waals surface area contributed by atoms with Gasteiger partial charge in [-0.3, -0.25) is 0 Å². The zero-order valence-electron chi connectivity index (χ0n) is 40.3. The Morgan fingerprint density at radius 3 is 1.42 bits per heavy atom. The van der Waals surface area contributed by atoms with Crippen molar-refractivity contribution in [3.8, 4) is 44.5 Å². The van der Waals surface area contributed by atoms with E-state index < -0.39 is 10.8 Å². The van der Waals surface area contributed by atoms with Crippen molar-refractivity contribution in [1.82, 2.24) is 0 Å². The molecule has 0 N–H and O–H groups in total. The molecule has 0 unspecified atom stereocenters. The first-order valence-electron chi connectivity index (χ1n) is 25.7. The Bertz CT molecular complexity index is 4340. The van der Waals surface area contributed by atoms with E-state index in [0.717, 1.165) is 50.1 Å². The fourth-order valence-electron chi connectivity index (χ4n) is 13.8. The van der Waals surface area contributed by atoms with Crippen LogP contribution in [0.5, 0.6) is 0 Å². The molecule has 3 aliphatic carbocycles. The summed E-state index contributed by atoms with van der Waals surface area (Å²) in [5, 5.41) is 4.59. The van der Waals surface area contributed by atoms with Crippen molar-refractivity contribution < 1.29 is 4.42 Å². The van der Waals surface area contributed by atoms with Gasteiger partial charge >= 0.3 is 0 Å². The van der Waals surface area contributed by atoms with Crippen molar-refractivity contribution in [2.24, 2.45) is 0 Å². The molecule has 0 aliphatic heterocycles. The molecular weight excluding hydrogens is 895 g/mol. The molecular formula is C72H45NO. The second-order valence-electron chi connectivity index (χ2n) is 20.2. The van der Waals surface area contributed by atoms with Gasteiger partial charge in [0, 0.05) is 27.6 Å². The zero-order chi connectivity index (χ0) is 48.5. The van der Waals surface area contributed by atoms with Crippen molar-refractivity contribution in [2.75, 3.05) is 4.90 Å². The number of nitrogens with zero attached hydrogens (tertiary/aromatic N) is 1. The molecule has 0 radical (unpaired) electrons. The lowest BCUT2D eigenvalue weighted by atomic mass is 9.68. The van der Waals surface area contributed by atoms with E-state index in [1.54, 1.807) is 0 Å². The van der Waals surface area contributed by atoms with Crippen molar-refractivity contribution in [3.63, 3.8) is 0 Å². The maximum Gasteiger partial charge on any atom is 0.136 e. The number of anilines is 3. The molecule has 0 saturated heterocycles. The second-order valence-corrected chi connectivity index (χ2v) is 20.2. The second kappa shape index (κ2) is 15.5. The molecule has 1 spiro atoms. The summed E-state index contributed by atoms with van der Waals surface area (Å²) in [6.07, 6.45) is 0. The van der Waals surface area contributed by atoms with Crippen molar-refractivity contribution >= 4 is 49.8 Å². The van der Waals surface area contributed by atoms with Crippen molar-refractivity contribution in [2.45, 2.75) is 10.8 Å². The molecule has 0 fully saturated rings. The van der Waals surface area contributed by atoms with Gasteiger partial charge in [0.25, 0.3) is 0 Å². The molecule has 0 amide bonds. The van der Waals surface area contributed by atoms with E-state index in [1.165, 1.54) is 88.7 Å². The van der Waals surface area contributed by atoms with Crippen LogP contribution in [0.3, 0.4) is 0 Å². The standard InChI is InChI=1S/C72H45NO/c1-3-22-49(23-4-1)71(50-24-5-2-6-25-50)63-34-17-12-30-57(63)70-64(71)35-19-37-67(70)73(66-36-18-13-26-52(66)48-38-41-68-58(43-48)59-42-46-20-7-8-21-47(46)44-69(59)74-68)51-39-40-56-55-29-11-16-33-62(55)72(65(56)45-51)60-31-14-9-27-53(60)54-28-10-15-32-61(54)72/h1-45H. The molecule has 1 aromatic heterocycles. The van der Waals surface area contributed by atoms with E-state index in [-0.39, 0.29) is 0 Å². The van der Waals surface area contributed by atoms with E-state index in [2.05, 4.69) is 278 Å². The number of hydrogen-bond acceptors (Lipinski definition) is 2. The highest BCUT2D eigenvalue weighted by atomic mass is 16.3. The Hall–Kier alpha value is -9.50. The number of furan rings is 1. The van der Waals surface area contributed by atoms with Gasteiger partial charge in [0.1, 0.15) is 11.2 Å². The van der Waals surface area contributed by atoms with Gasteiger partial charge in [0.05, 0.1) is 22.2 Å². The molecule has 0 atom stereocenters. The number of benzene rings is 12. The lowest BCUT2D eigenvalue weighted by molar-refractivity contribution is 0.669. The summed E-state index contributed by atoms with van der Waals surface area (Å²) in [5.74, 6) is 0. The van der Waals surface area contributed by atoms with Crippen LogP contribution in [0.25, 0.3) is 77.2 Å². The first-order valence-corrected chi connectivity index (χ1v) is 25.7. The van der Waals surface area contributed by atoms with Crippen LogP contribution < -0.4 is 4.90 Å². The van der Waals surface area contributed by atoms with E-state index in [9.17, 15) is 0 Å². The predicted molar refractivity (Wildman–Crippen MR) is 305 cm³/mol. The quantitative estimate of drug-likeness (QED) is 0.165. The van der Waals surface area contributed by atoms with Crippen LogP contribution in [0.1, 0.15) is 44.5 Å². The lowest BCUT2D eigenvalue weighted by Crippen LogP contribution is -2.28. The number of hydrogen-bond donors (Lipinski definition) is 0. The minimum Gasteiger partial charge on any atom is -0.456 e. The third kappa shape index (κ3) is 5.44. The molecule has 0 bridgehead atoms. The summed E-state index contributed by atoms with van der Waals surface area (Å²) in [6, 6.07) is 102. The first kappa shape index (κ1) is 41.2. The van der Waals surface area contributed by atoms with E-state index in [4.69, 9.17) is 4.42 Å². The Balaban J connectivity index is 0.999. The first-order chi connectivity index (χ1) is 36.7. The van der Waals surface area contributed by atoms with Crippen LogP contribution in [-0.4, -0.2) is 0 Å². The van der Waals surface area contributed by atoms with E-state index in [1.807, 2.05) is 0 Å². The Morgan fingerprint density at radius 2 is 0.770 bits per heavy atom. The molecule has 0 saturated carbocycles.